The zero-order valence-electron chi connectivity index (χ0n) is 7.51. The van der Waals surface area contributed by atoms with Crippen LogP contribution in [0.5, 0.6) is 0 Å². The monoisotopic (exact) mass is 217 g/mol. The maximum Gasteiger partial charge on any atom is 0.179 e. The maximum absolute atomic E-state index is 13.2. The zero-order chi connectivity index (χ0) is 10.7. The van der Waals surface area contributed by atoms with Gasteiger partial charge >= 0.3 is 0 Å². The summed E-state index contributed by atoms with van der Waals surface area (Å²) in [5, 5.41) is 0. The van der Waals surface area contributed by atoms with E-state index in [1.807, 2.05) is 0 Å². The number of hydrogen-bond acceptors (Lipinski definition) is 3. The van der Waals surface area contributed by atoms with Gasteiger partial charge in [-0.1, -0.05) is 0 Å². The number of rotatable bonds is 3. The molecule has 0 amide bonds. The Bertz CT molecular complexity index is 368. The molecule has 0 aromatic heterocycles. The molecule has 0 heterocycles. The van der Waals surface area contributed by atoms with Gasteiger partial charge in [0, 0.05) is 4.90 Å². The molecule has 1 aromatic carbocycles. The van der Waals surface area contributed by atoms with Crippen LogP contribution in [0.3, 0.4) is 0 Å². The Morgan fingerprint density at radius 1 is 1.43 bits per heavy atom. The average Bonchev–Trinajstić information content (AvgIpc) is 2.19. The highest BCUT2D eigenvalue weighted by molar-refractivity contribution is 7.98. The number of thioether (sulfide) groups is 1. The van der Waals surface area contributed by atoms with Crippen LogP contribution in [0.4, 0.5) is 8.78 Å². The van der Waals surface area contributed by atoms with E-state index in [0.29, 0.717) is 0 Å². The van der Waals surface area contributed by atoms with Crippen molar-refractivity contribution in [3.05, 3.63) is 29.3 Å². The lowest BCUT2D eigenvalue weighted by atomic mass is 10.1. The Morgan fingerprint density at radius 2 is 2.07 bits per heavy atom. The van der Waals surface area contributed by atoms with Crippen LogP contribution in [0.2, 0.25) is 0 Å². The summed E-state index contributed by atoms with van der Waals surface area (Å²) >= 11 is 1.08. The number of nitrogens with two attached hydrogens (primary N) is 1. The molecule has 0 radical (unpaired) electrons. The van der Waals surface area contributed by atoms with E-state index in [-0.39, 0.29) is 17.0 Å². The fraction of sp³-hybridized carbons (Fsp3) is 0.222. The lowest BCUT2D eigenvalue weighted by Gasteiger charge is -2.04. The van der Waals surface area contributed by atoms with Crippen molar-refractivity contribution in [3.63, 3.8) is 0 Å². The molecule has 1 rings (SSSR count). The molecule has 0 atom stereocenters. The van der Waals surface area contributed by atoms with E-state index < -0.39 is 17.4 Å². The molecular weight excluding hydrogens is 208 g/mol. The van der Waals surface area contributed by atoms with Gasteiger partial charge < -0.3 is 5.73 Å². The molecule has 76 valence electrons. The highest BCUT2D eigenvalue weighted by Gasteiger charge is 2.14. The highest BCUT2D eigenvalue weighted by Crippen LogP contribution is 2.22. The van der Waals surface area contributed by atoms with Crippen molar-refractivity contribution in [2.45, 2.75) is 4.90 Å². The molecule has 0 saturated carbocycles. The van der Waals surface area contributed by atoms with Crippen molar-refractivity contribution >= 4 is 17.5 Å². The number of carbonyl (C=O) groups excluding carboxylic acids is 1. The molecule has 0 aliphatic rings. The quantitative estimate of drug-likeness (QED) is 0.620. The Morgan fingerprint density at radius 3 is 2.57 bits per heavy atom. The normalized spacial score (nSPS) is 10.3. The number of ketones is 1. The summed E-state index contributed by atoms with van der Waals surface area (Å²) < 4.78 is 26.3. The van der Waals surface area contributed by atoms with E-state index in [9.17, 15) is 13.6 Å². The van der Waals surface area contributed by atoms with E-state index in [1.54, 1.807) is 6.26 Å². The van der Waals surface area contributed by atoms with Gasteiger partial charge in [-0.05, 0) is 18.4 Å². The fourth-order valence-electron chi connectivity index (χ4n) is 1.01. The number of hydrogen-bond donors (Lipinski definition) is 1. The molecule has 14 heavy (non-hydrogen) atoms. The third kappa shape index (κ3) is 2.10. The van der Waals surface area contributed by atoms with Crippen LogP contribution in [0.15, 0.2) is 17.0 Å². The standard InChI is InChI=1S/C9H9F2NOS/c1-14-9-3-6(10)5(2-7(9)11)8(13)4-12/h2-3H,4,12H2,1H3. The first-order valence-corrected chi connectivity index (χ1v) is 5.09. The molecule has 0 fully saturated rings. The predicted octanol–water partition coefficient (Wildman–Crippen LogP) is 1.83. The van der Waals surface area contributed by atoms with Gasteiger partial charge in [-0.25, -0.2) is 8.78 Å². The minimum absolute atomic E-state index is 0.177. The summed E-state index contributed by atoms with van der Waals surface area (Å²) in [5.74, 6) is -1.93. The first-order chi connectivity index (χ1) is 6.60. The summed E-state index contributed by atoms with van der Waals surface area (Å²) in [6.45, 7) is -0.324. The van der Waals surface area contributed by atoms with Crippen LogP contribution in [0.25, 0.3) is 0 Å². The van der Waals surface area contributed by atoms with Crippen molar-refractivity contribution < 1.29 is 13.6 Å². The summed E-state index contributed by atoms with van der Waals surface area (Å²) in [7, 11) is 0. The smallest absolute Gasteiger partial charge is 0.179 e. The van der Waals surface area contributed by atoms with Gasteiger partial charge in [-0.2, -0.15) is 0 Å². The molecule has 0 aliphatic heterocycles. The summed E-state index contributed by atoms with van der Waals surface area (Å²) in [6, 6.07) is 1.89. The molecule has 2 N–H and O–H groups in total. The zero-order valence-corrected chi connectivity index (χ0v) is 8.33. The second-order valence-corrected chi connectivity index (χ2v) is 3.44. The highest BCUT2D eigenvalue weighted by atomic mass is 32.2. The number of carbonyl (C=O) groups is 1. The van der Waals surface area contributed by atoms with Gasteiger partial charge in [-0.15, -0.1) is 11.8 Å². The average molecular weight is 217 g/mol. The molecule has 0 spiro atoms. The number of benzene rings is 1. The third-order valence-electron chi connectivity index (χ3n) is 1.73. The molecule has 0 bridgehead atoms. The summed E-state index contributed by atoms with van der Waals surface area (Å²) in [4.78, 5) is 11.2. The SMILES string of the molecule is CSc1cc(F)c(C(=O)CN)cc1F. The lowest BCUT2D eigenvalue weighted by molar-refractivity contribution is 0.0997. The minimum Gasteiger partial charge on any atom is -0.324 e. The van der Waals surface area contributed by atoms with Crippen molar-refractivity contribution in [2.24, 2.45) is 5.73 Å². The van der Waals surface area contributed by atoms with E-state index >= 15 is 0 Å². The molecule has 0 saturated heterocycles. The van der Waals surface area contributed by atoms with Gasteiger partial charge in [0.1, 0.15) is 11.6 Å². The van der Waals surface area contributed by atoms with Gasteiger partial charge in [-0.3, -0.25) is 4.79 Å². The number of Topliss-reactive ketones (excluding diaryl/α,β-unsaturated/α-hetero) is 1. The van der Waals surface area contributed by atoms with Gasteiger partial charge in [0.15, 0.2) is 5.78 Å². The van der Waals surface area contributed by atoms with Crippen LogP contribution in [-0.4, -0.2) is 18.6 Å². The van der Waals surface area contributed by atoms with Gasteiger partial charge in [0.2, 0.25) is 0 Å². The van der Waals surface area contributed by atoms with Crippen molar-refractivity contribution in [1.29, 1.82) is 0 Å². The Hall–Kier alpha value is -0.940. The van der Waals surface area contributed by atoms with Crippen molar-refractivity contribution in [3.8, 4) is 0 Å². The maximum atomic E-state index is 13.2. The van der Waals surface area contributed by atoms with Crippen molar-refractivity contribution in [1.82, 2.24) is 0 Å². The van der Waals surface area contributed by atoms with Gasteiger partial charge in [0.25, 0.3) is 0 Å². The lowest BCUT2D eigenvalue weighted by Crippen LogP contribution is -2.15. The Labute approximate surface area is 84.5 Å². The molecule has 1 aromatic rings. The first kappa shape index (κ1) is 11.1. The van der Waals surface area contributed by atoms with E-state index in [0.717, 1.165) is 23.9 Å². The Kier molecular flexibility index (Phi) is 3.60. The third-order valence-corrected chi connectivity index (χ3v) is 2.48. The van der Waals surface area contributed by atoms with E-state index in [4.69, 9.17) is 5.73 Å². The van der Waals surface area contributed by atoms with E-state index in [1.165, 1.54) is 0 Å². The topological polar surface area (TPSA) is 43.1 Å². The van der Waals surface area contributed by atoms with Crippen LogP contribution in [0.1, 0.15) is 10.4 Å². The number of halogens is 2. The van der Waals surface area contributed by atoms with Crippen LogP contribution in [-0.2, 0) is 0 Å². The van der Waals surface area contributed by atoms with Gasteiger partial charge in [0.05, 0.1) is 12.1 Å². The molecule has 0 aliphatic carbocycles. The molecule has 2 nitrogen and oxygen atoms in total. The first-order valence-electron chi connectivity index (χ1n) is 3.86. The second kappa shape index (κ2) is 4.52. The molecular formula is C9H9F2NOS. The molecule has 0 unspecified atom stereocenters. The van der Waals surface area contributed by atoms with Crippen LogP contribution in [0, 0.1) is 11.6 Å². The largest absolute Gasteiger partial charge is 0.324 e. The van der Waals surface area contributed by atoms with E-state index in [2.05, 4.69) is 0 Å². The Balaban J connectivity index is 3.21. The molecule has 5 heteroatoms. The van der Waals surface area contributed by atoms with Crippen LogP contribution < -0.4 is 5.73 Å². The predicted molar refractivity (Wildman–Crippen MR) is 51.5 cm³/mol. The fourth-order valence-corrected chi connectivity index (χ4v) is 1.48. The minimum atomic E-state index is -0.730. The van der Waals surface area contributed by atoms with Crippen molar-refractivity contribution in [2.75, 3.05) is 12.8 Å². The summed E-state index contributed by atoms with van der Waals surface area (Å²) in [6.07, 6.45) is 1.63. The van der Waals surface area contributed by atoms with Crippen LogP contribution >= 0.6 is 11.8 Å². The summed E-state index contributed by atoms with van der Waals surface area (Å²) in [5.41, 5.74) is 4.76. The second-order valence-electron chi connectivity index (χ2n) is 2.59.